The minimum Gasteiger partial charge on any atom is -0.496 e. The molecular formula is C13H15BrN2O. The Kier molecular flexibility index (Phi) is 3.52. The number of hydrogen-bond acceptors (Lipinski definition) is 2. The van der Waals surface area contributed by atoms with E-state index in [4.69, 9.17) is 4.74 Å². The summed E-state index contributed by atoms with van der Waals surface area (Å²) >= 11 is 3.31. The van der Waals surface area contributed by atoms with Gasteiger partial charge in [0, 0.05) is 5.56 Å². The van der Waals surface area contributed by atoms with Gasteiger partial charge in [0.1, 0.15) is 5.75 Å². The molecule has 0 fully saturated rings. The normalized spacial score (nSPS) is 10.9. The Hall–Kier alpha value is -1.29. The average molecular weight is 295 g/mol. The highest BCUT2D eigenvalue weighted by Crippen LogP contribution is 2.32. The van der Waals surface area contributed by atoms with Gasteiger partial charge in [-0.15, -0.1) is 0 Å². The second-order valence-corrected chi connectivity index (χ2v) is 4.95. The van der Waals surface area contributed by atoms with Gasteiger partial charge < -0.3 is 9.72 Å². The van der Waals surface area contributed by atoms with Crippen LogP contribution in [0.2, 0.25) is 0 Å². The highest BCUT2D eigenvalue weighted by atomic mass is 79.9. The van der Waals surface area contributed by atoms with Gasteiger partial charge in [0.2, 0.25) is 0 Å². The van der Waals surface area contributed by atoms with Crippen molar-refractivity contribution in [3.63, 3.8) is 0 Å². The average Bonchev–Trinajstić information content (AvgIpc) is 2.74. The largest absolute Gasteiger partial charge is 0.496 e. The van der Waals surface area contributed by atoms with Crippen LogP contribution < -0.4 is 4.74 Å². The number of rotatable bonds is 3. The zero-order chi connectivity index (χ0) is 12.4. The standard InChI is InChI=1S/C13H15BrN2O/c1-8(2)9-4-5-10(12(6-9)17-3)11-7-15-13(14)16-11/h4-8H,1-3H3,(H,15,16). The summed E-state index contributed by atoms with van der Waals surface area (Å²) in [5.41, 5.74) is 3.24. The molecule has 0 spiro atoms. The lowest BCUT2D eigenvalue weighted by Gasteiger charge is -2.11. The van der Waals surface area contributed by atoms with Crippen LogP contribution >= 0.6 is 15.9 Å². The van der Waals surface area contributed by atoms with E-state index in [-0.39, 0.29) is 0 Å². The third-order valence-corrected chi connectivity index (χ3v) is 3.13. The Morgan fingerprint density at radius 1 is 1.35 bits per heavy atom. The van der Waals surface area contributed by atoms with Crippen LogP contribution in [0.1, 0.15) is 25.3 Å². The molecule has 90 valence electrons. The van der Waals surface area contributed by atoms with Crippen LogP contribution in [0.3, 0.4) is 0 Å². The molecular weight excluding hydrogens is 280 g/mol. The molecule has 1 heterocycles. The Balaban J connectivity index is 2.48. The molecule has 0 aliphatic carbocycles. The fraction of sp³-hybridized carbons (Fsp3) is 0.308. The topological polar surface area (TPSA) is 37.9 Å². The van der Waals surface area contributed by atoms with Crippen LogP contribution in [0.4, 0.5) is 0 Å². The zero-order valence-electron chi connectivity index (χ0n) is 10.1. The number of H-pyrrole nitrogens is 1. The molecule has 3 nitrogen and oxygen atoms in total. The number of aromatic amines is 1. The molecule has 0 atom stereocenters. The molecule has 0 aliphatic heterocycles. The summed E-state index contributed by atoms with van der Waals surface area (Å²) in [4.78, 5) is 7.27. The van der Waals surface area contributed by atoms with Gasteiger partial charge in [0.25, 0.3) is 0 Å². The van der Waals surface area contributed by atoms with E-state index in [1.807, 2.05) is 0 Å². The number of aromatic nitrogens is 2. The lowest BCUT2D eigenvalue weighted by atomic mass is 10.00. The highest BCUT2D eigenvalue weighted by molar-refractivity contribution is 9.10. The smallest absolute Gasteiger partial charge is 0.174 e. The first-order valence-electron chi connectivity index (χ1n) is 5.50. The van der Waals surface area contributed by atoms with E-state index in [1.54, 1.807) is 13.3 Å². The summed E-state index contributed by atoms with van der Waals surface area (Å²) in [5.74, 6) is 1.36. The summed E-state index contributed by atoms with van der Waals surface area (Å²) in [7, 11) is 1.69. The summed E-state index contributed by atoms with van der Waals surface area (Å²) in [6.07, 6.45) is 1.79. The second-order valence-electron chi connectivity index (χ2n) is 4.20. The quantitative estimate of drug-likeness (QED) is 0.930. The van der Waals surface area contributed by atoms with Gasteiger partial charge in [-0.1, -0.05) is 19.9 Å². The summed E-state index contributed by atoms with van der Waals surface area (Å²) in [5, 5.41) is 0. The van der Waals surface area contributed by atoms with E-state index < -0.39 is 0 Å². The Morgan fingerprint density at radius 3 is 2.65 bits per heavy atom. The number of methoxy groups -OCH3 is 1. The molecule has 0 saturated heterocycles. The molecule has 0 aliphatic rings. The van der Waals surface area contributed by atoms with Crippen molar-refractivity contribution in [2.75, 3.05) is 7.11 Å². The van der Waals surface area contributed by atoms with Crippen LogP contribution in [0, 0.1) is 0 Å². The van der Waals surface area contributed by atoms with Gasteiger partial charge in [-0.25, -0.2) is 4.98 Å². The number of hydrogen-bond donors (Lipinski definition) is 1. The SMILES string of the molecule is COc1cc(C(C)C)ccc1-c1cnc(Br)[nH]1. The molecule has 2 rings (SSSR count). The number of nitrogens with one attached hydrogen (secondary N) is 1. The van der Waals surface area contributed by atoms with Gasteiger partial charge in [0.15, 0.2) is 4.73 Å². The highest BCUT2D eigenvalue weighted by Gasteiger charge is 2.10. The van der Waals surface area contributed by atoms with Crippen molar-refractivity contribution in [2.24, 2.45) is 0 Å². The minimum atomic E-state index is 0.492. The Labute approximate surface area is 109 Å². The van der Waals surface area contributed by atoms with E-state index in [0.717, 1.165) is 21.7 Å². The van der Waals surface area contributed by atoms with Crippen LogP contribution in [0.5, 0.6) is 5.75 Å². The fourth-order valence-corrected chi connectivity index (χ4v) is 2.04. The first-order valence-corrected chi connectivity index (χ1v) is 6.30. The van der Waals surface area contributed by atoms with Crippen molar-refractivity contribution in [2.45, 2.75) is 19.8 Å². The second kappa shape index (κ2) is 4.92. The lowest BCUT2D eigenvalue weighted by molar-refractivity contribution is 0.415. The van der Waals surface area contributed by atoms with Gasteiger partial charge in [-0.05, 0) is 39.5 Å². The molecule has 1 N–H and O–H groups in total. The van der Waals surface area contributed by atoms with Crippen LogP contribution in [0.25, 0.3) is 11.3 Å². The van der Waals surface area contributed by atoms with Crippen molar-refractivity contribution >= 4 is 15.9 Å². The first kappa shape index (κ1) is 12.2. The molecule has 0 unspecified atom stereocenters. The summed E-state index contributed by atoms with van der Waals surface area (Å²) in [6, 6.07) is 6.26. The maximum absolute atomic E-state index is 5.44. The predicted octanol–water partition coefficient (Wildman–Crippen LogP) is 3.97. The number of nitrogens with zero attached hydrogens (tertiary/aromatic N) is 1. The van der Waals surface area contributed by atoms with Gasteiger partial charge in [-0.2, -0.15) is 0 Å². The van der Waals surface area contributed by atoms with Gasteiger partial charge in [-0.3, -0.25) is 0 Å². The minimum absolute atomic E-state index is 0.492. The number of benzene rings is 1. The Morgan fingerprint density at radius 2 is 2.12 bits per heavy atom. The maximum Gasteiger partial charge on any atom is 0.174 e. The van der Waals surface area contributed by atoms with Crippen LogP contribution in [-0.2, 0) is 0 Å². The molecule has 0 amide bonds. The molecule has 2 aromatic rings. The predicted molar refractivity (Wildman–Crippen MR) is 72.4 cm³/mol. The summed E-state index contributed by atoms with van der Waals surface area (Å²) < 4.78 is 6.16. The molecule has 17 heavy (non-hydrogen) atoms. The van der Waals surface area contributed by atoms with Crippen LogP contribution in [-0.4, -0.2) is 17.1 Å². The molecule has 1 aromatic carbocycles. The van der Waals surface area contributed by atoms with E-state index in [9.17, 15) is 0 Å². The van der Waals surface area contributed by atoms with Crippen molar-refractivity contribution < 1.29 is 4.74 Å². The summed E-state index contributed by atoms with van der Waals surface area (Å²) in [6.45, 7) is 4.34. The number of imidazole rings is 1. The Bertz CT molecular complexity index is 520. The molecule has 0 bridgehead atoms. The zero-order valence-corrected chi connectivity index (χ0v) is 11.7. The lowest BCUT2D eigenvalue weighted by Crippen LogP contribution is -1.93. The fourth-order valence-electron chi connectivity index (χ4n) is 1.72. The third-order valence-electron chi connectivity index (χ3n) is 2.73. The monoisotopic (exact) mass is 294 g/mol. The van der Waals surface area contributed by atoms with Crippen molar-refractivity contribution in [3.05, 3.63) is 34.7 Å². The van der Waals surface area contributed by atoms with E-state index in [1.165, 1.54) is 5.56 Å². The van der Waals surface area contributed by atoms with E-state index >= 15 is 0 Å². The molecule has 0 saturated carbocycles. The van der Waals surface area contributed by atoms with E-state index in [2.05, 4.69) is 57.9 Å². The van der Waals surface area contributed by atoms with Crippen molar-refractivity contribution in [3.8, 4) is 17.0 Å². The molecule has 0 radical (unpaired) electrons. The number of halogens is 1. The van der Waals surface area contributed by atoms with Crippen molar-refractivity contribution in [1.29, 1.82) is 0 Å². The third kappa shape index (κ3) is 2.52. The first-order chi connectivity index (χ1) is 8.11. The molecule has 1 aromatic heterocycles. The van der Waals surface area contributed by atoms with E-state index in [0.29, 0.717) is 5.92 Å². The van der Waals surface area contributed by atoms with Gasteiger partial charge >= 0.3 is 0 Å². The van der Waals surface area contributed by atoms with Crippen LogP contribution in [0.15, 0.2) is 29.1 Å². The van der Waals surface area contributed by atoms with Crippen molar-refractivity contribution in [1.82, 2.24) is 9.97 Å². The number of ether oxygens (including phenoxy) is 1. The maximum atomic E-state index is 5.44. The van der Waals surface area contributed by atoms with Gasteiger partial charge in [0.05, 0.1) is 19.0 Å². The molecule has 4 heteroatoms.